The van der Waals surface area contributed by atoms with E-state index in [1.807, 2.05) is 18.2 Å². The minimum absolute atomic E-state index is 0.0548. The summed E-state index contributed by atoms with van der Waals surface area (Å²) < 4.78 is 5.87. The summed E-state index contributed by atoms with van der Waals surface area (Å²) >= 11 is 0. The van der Waals surface area contributed by atoms with Crippen molar-refractivity contribution in [3.63, 3.8) is 0 Å². The fourth-order valence-corrected chi connectivity index (χ4v) is 6.32. The van der Waals surface area contributed by atoms with E-state index in [-0.39, 0.29) is 24.9 Å². The molecule has 0 saturated carbocycles. The Hall–Kier alpha value is -2.44. The van der Waals surface area contributed by atoms with Crippen molar-refractivity contribution >= 4 is 11.9 Å². The molecule has 0 heterocycles. The van der Waals surface area contributed by atoms with Gasteiger partial charge in [0.1, 0.15) is 6.10 Å². The highest BCUT2D eigenvalue weighted by Crippen LogP contribution is 2.17. The fourth-order valence-electron chi connectivity index (χ4n) is 6.32. The third-order valence-corrected chi connectivity index (χ3v) is 9.68. The molecule has 3 N–H and O–H groups in total. The van der Waals surface area contributed by atoms with Crippen LogP contribution >= 0.6 is 0 Å². The molecule has 0 aromatic carbocycles. The number of hydrogen-bond donors (Lipinski definition) is 3. The van der Waals surface area contributed by atoms with Gasteiger partial charge in [-0.15, -0.1) is 0 Å². The van der Waals surface area contributed by atoms with Gasteiger partial charge in [0.25, 0.3) is 0 Å². The van der Waals surface area contributed by atoms with Crippen molar-refractivity contribution in [2.75, 3.05) is 6.61 Å². The van der Waals surface area contributed by atoms with Crippen molar-refractivity contribution < 1.29 is 24.5 Å². The third-order valence-electron chi connectivity index (χ3n) is 9.68. The van der Waals surface area contributed by atoms with Crippen LogP contribution < -0.4 is 5.32 Å². The Morgan fingerprint density at radius 3 is 1.66 bits per heavy atom. The Bertz CT molecular complexity index is 968. The van der Waals surface area contributed by atoms with Crippen LogP contribution in [0.25, 0.3) is 0 Å². The van der Waals surface area contributed by atoms with Crippen LogP contribution in [0.15, 0.2) is 60.8 Å². The summed E-state index contributed by atoms with van der Waals surface area (Å²) in [6.07, 6.45) is 48.5. The molecular weight excluding hydrogens is 659 g/mol. The zero-order chi connectivity index (χ0) is 38.9. The Morgan fingerprint density at radius 2 is 1.04 bits per heavy atom. The van der Waals surface area contributed by atoms with Crippen molar-refractivity contribution in [3.05, 3.63) is 60.8 Å². The third kappa shape index (κ3) is 36.3. The number of ether oxygens (including phenoxy) is 1. The summed E-state index contributed by atoms with van der Waals surface area (Å²) in [6, 6.07) is -0.709. The monoisotopic (exact) mass is 742 g/mol. The van der Waals surface area contributed by atoms with Crippen LogP contribution in [0.5, 0.6) is 0 Å². The van der Waals surface area contributed by atoms with Crippen molar-refractivity contribution in [1.29, 1.82) is 0 Å². The molecule has 6 nitrogen and oxygen atoms in total. The van der Waals surface area contributed by atoms with Crippen LogP contribution in [0.4, 0.5) is 0 Å². The van der Waals surface area contributed by atoms with Gasteiger partial charge in [-0.2, -0.15) is 0 Å². The van der Waals surface area contributed by atoms with E-state index in [0.29, 0.717) is 19.3 Å². The van der Waals surface area contributed by atoms with Crippen LogP contribution in [-0.2, 0) is 14.3 Å². The van der Waals surface area contributed by atoms with Crippen LogP contribution in [0, 0.1) is 0 Å². The maximum atomic E-state index is 13.1. The Labute approximate surface area is 327 Å². The molecule has 306 valence electrons. The molecule has 0 saturated heterocycles. The number of rotatable bonds is 38. The molecule has 0 aliphatic rings. The van der Waals surface area contributed by atoms with Crippen molar-refractivity contribution in [2.24, 2.45) is 0 Å². The molecule has 0 bridgehead atoms. The van der Waals surface area contributed by atoms with Crippen molar-refractivity contribution in [1.82, 2.24) is 5.32 Å². The predicted molar refractivity (Wildman–Crippen MR) is 227 cm³/mol. The van der Waals surface area contributed by atoms with Gasteiger partial charge in [0.15, 0.2) is 0 Å². The lowest BCUT2D eigenvalue weighted by molar-refractivity contribution is -0.151. The molecular formula is C47H83NO5. The second-order valence-electron chi connectivity index (χ2n) is 14.8. The second-order valence-corrected chi connectivity index (χ2v) is 14.8. The molecule has 3 unspecified atom stereocenters. The number of amides is 1. The van der Waals surface area contributed by atoms with Gasteiger partial charge in [0, 0.05) is 6.42 Å². The van der Waals surface area contributed by atoms with Gasteiger partial charge in [0.05, 0.1) is 25.2 Å². The number of carbonyl (C=O) groups excluding carboxylic acids is 2. The van der Waals surface area contributed by atoms with E-state index in [1.165, 1.54) is 57.8 Å². The van der Waals surface area contributed by atoms with Crippen molar-refractivity contribution in [2.45, 2.75) is 219 Å². The summed E-state index contributed by atoms with van der Waals surface area (Å²) in [7, 11) is 0. The number of aliphatic hydroxyl groups excluding tert-OH is 2. The molecule has 0 radical (unpaired) electrons. The molecule has 0 aromatic rings. The lowest BCUT2D eigenvalue weighted by Gasteiger charge is -2.24. The molecule has 0 fully saturated rings. The van der Waals surface area contributed by atoms with E-state index in [4.69, 9.17) is 4.74 Å². The first kappa shape index (κ1) is 50.6. The van der Waals surface area contributed by atoms with Gasteiger partial charge in [0.2, 0.25) is 5.91 Å². The topological polar surface area (TPSA) is 95.9 Å². The summed E-state index contributed by atoms with van der Waals surface area (Å²) in [5.41, 5.74) is 0. The highest BCUT2D eigenvalue weighted by atomic mass is 16.5. The number of carbonyl (C=O) groups is 2. The number of nitrogens with one attached hydrogen (secondary N) is 1. The molecule has 0 aliphatic heterocycles. The Kier molecular flexibility index (Phi) is 38.9. The maximum absolute atomic E-state index is 13.1. The van der Waals surface area contributed by atoms with E-state index in [9.17, 15) is 19.8 Å². The highest BCUT2D eigenvalue weighted by Gasteiger charge is 2.24. The van der Waals surface area contributed by atoms with Gasteiger partial charge < -0.3 is 20.3 Å². The summed E-state index contributed by atoms with van der Waals surface area (Å²) in [5.74, 6) is -0.524. The van der Waals surface area contributed by atoms with E-state index >= 15 is 0 Å². The molecule has 6 heteroatoms. The van der Waals surface area contributed by atoms with E-state index in [2.05, 4.69) is 68.6 Å². The van der Waals surface area contributed by atoms with E-state index < -0.39 is 18.2 Å². The van der Waals surface area contributed by atoms with Gasteiger partial charge in [-0.25, -0.2) is 0 Å². The molecule has 3 atom stereocenters. The number of esters is 1. The summed E-state index contributed by atoms with van der Waals surface area (Å²) in [5, 5.41) is 23.5. The minimum Gasteiger partial charge on any atom is -0.462 e. The quantitative estimate of drug-likeness (QED) is 0.0253. The van der Waals surface area contributed by atoms with Crippen LogP contribution in [-0.4, -0.2) is 46.9 Å². The van der Waals surface area contributed by atoms with Gasteiger partial charge >= 0.3 is 5.97 Å². The zero-order valence-electron chi connectivity index (χ0n) is 34.6. The SMILES string of the molecule is CC/C=C/C=C/C=C/C=C\CCCCCCCC(=O)OC(CCCCC/C=C\CCCCC)CC(=O)NC(CO)C(O)CCCCCCCCCCC. The first-order valence-electron chi connectivity index (χ1n) is 22.1. The molecule has 1 amide bonds. The number of hydrogen-bond acceptors (Lipinski definition) is 5. The second kappa shape index (κ2) is 40.7. The predicted octanol–water partition coefficient (Wildman–Crippen LogP) is 12.5. The maximum Gasteiger partial charge on any atom is 0.306 e. The molecule has 0 spiro atoms. The Morgan fingerprint density at radius 1 is 0.566 bits per heavy atom. The molecule has 0 aliphatic carbocycles. The van der Waals surface area contributed by atoms with Crippen LogP contribution in [0.3, 0.4) is 0 Å². The molecule has 53 heavy (non-hydrogen) atoms. The van der Waals surface area contributed by atoms with Crippen LogP contribution in [0.2, 0.25) is 0 Å². The van der Waals surface area contributed by atoms with Gasteiger partial charge in [-0.3, -0.25) is 9.59 Å². The lowest BCUT2D eigenvalue weighted by atomic mass is 10.0. The fraction of sp³-hybridized carbons (Fsp3) is 0.745. The van der Waals surface area contributed by atoms with Crippen molar-refractivity contribution in [3.8, 4) is 0 Å². The average molecular weight is 742 g/mol. The number of allylic oxidation sites excluding steroid dienone is 10. The van der Waals surface area contributed by atoms with Gasteiger partial charge in [-0.05, 0) is 70.6 Å². The largest absolute Gasteiger partial charge is 0.462 e. The zero-order valence-corrected chi connectivity index (χ0v) is 34.6. The smallest absolute Gasteiger partial charge is 0.306 e. The first-order chi connectivity index (χ1) is 26.0. The Balaban J connectivity index is 4.64. The normalized spacial score (nSPS) is 14.0. The number of unbranched alkanes of at least 4 members (excludes halogenated alkanes) is 19. The summed E-state index contributed by atoms with van der Waals surface area (Å²) in [4.78, 5) is 25.9. The van der Waals surface area contributed by atoms with E-state index in [0.717, 1.165) is 96.3 Å². The number of aliphatic hydroxyl groups is 2. The standard InChI is InChI=1S/C47H83NO5/c1-4-7-10-13-16-19-21-22-23-24-25-28-31-34-37-40-47(52)53-43(38-35-32-29-27-20-17-14-11-8-5-2)41-46(51)48-44(42-49)45(50)39-36-33-30-26-18-15-12-9-6-3/h7,10,13,16-17,19-23,43-45,49-50H,4-6,8-9,11-12,14-15,18,24-42H2,1-3H3,(H,48,51)/b10-7+,16-13+,20-17-,21-19+,23-22-. The van der Waals surface area contributed by atoms with Crippen LogP contribution in [0.1, 0.15) is 201 Å². The molecule has 0 rings (SSSR count). The lowest BCUT2D eigenvalue weighted by Crippen LogP contribution is -2.46. The highest BCUT2D eigenvalue weighted by molar-refractivity contribution is 5.77. The first-order valence-corrected chi connectivity index (χ1v) is 22.1. The summed E-state index contributed by atoms with van der Waals surface area (Å²) in [6.45, 7) is 6.26. The van der Waals surface area contributed by atoms with E-state index in [1.54, 1.807) is 0 Å². The molecule has 0 aromatic heterocycles. The minimum atomic E-state index is -0.794. The van der Waals surface area contributed by atoms with Gasteiger partial charge in [-0.1, -0.05) is 178 Å². The average Bonchev–Trinajstić information content (AvgIpc) is 3.15.